The molecule has 1 unspecified atom stereocenters. The minimum absolute atomic E-state index is 0.0676. The summed E-state index contributed by atoms with van der Waals surface area (Å²) in [5, 5.41) is 12.1. The highest BCUT2D eigenvalue weighted by atomic mass is 16.5. The molecule has 6 rings (SSSR count). The third-order valence-electron chi connectivity index (χ3n) is 7.21. The van der Waals surface area contributed by atoms with Crippen LogP contribution in [0.4, 0.5) is 11.5 Å². The van der Waals surface area contributed by atoms with E-state index in [0.717, 1.165) is 54.3 Å². The van der Waals surface area contributed by atoms with Gasteiger partial charge in [0.2, 0.25) is 5.91 Å². The molecule has 1 aromatic heterocycles. The Morgan fingerprint density at radius 1 is 0.944 bits per heavy atom. The van der Waals surface area contributed by atoms with E-state index in [4.69, 9.17) is 4.74 Å². The van der Waals surface area contributed by atoms with E-state index >= 15 is 0 Å². The molecule has 1 aliphatic carbocycles. The quantitative estimate of drug-likeness (QED) is 0.359. The van der Waals surface area contributed by atoms with Crippen molar-refractivity contribution in [1.82, 2.24) is 10.2 Å². The smallest absolute Gasteiger partial charge is 0.229 e. The molecular formula is C30H28N4O2. The SMILES string of the molecule is COc1ccc(-c2ccc(N3CCCC(C(=O)Nc4ccc5c(c4)Cc4ccccc4-5)C3)nn2)cc1. The van der Waals surface area contributed by atoms with Gasteiger partial charge in [-0.1, -0.05) is 30.3 Å². The Labute approximate surface area is 211 Å². The summed E-state index contributed by atoms with van der Waals surface area (Å²) in [5.74, 6) is 1.59. The number of amides is 1. The number of hydrogen-bond donors (Lipinski definition) is 1. The standard InChI is InChI=1S/C30H28N4O2/c1-36-25-11-8-20(9-12-25)28-14-15-29(33-32-28)34-16-4-6-22(19-34)30(35)31-24-10-13-27-23(18-24)17-21-5-2-3-7-26(21)27/h2-3,5,7-15,18,22H,4,6,16-17,19H2,1H3,(H,31,35). The number of anilines is 2. The van der Waals surface area contributed by atoms with Crippen LogP contribution in [0.25, 0.3) is 22.4 Å². The van der Waals surface area contributed by atoms with E-state index < -0.39 is 0 Å². The third-order valence-corrected chi connectivity index (χ3v) is 7.21. The minimum atomic E-state index is -0.0905. The average molecular weight is 477 g/mol. The molecule has 36 heavy (non-hydrogen) atoms. The van der Waals surface area contributed by atoms with Gasteiger partial charge in [-0.2, -0.15) is 0 Å². The lowest BCUT2D eigenvalue weighted by atomic mass is 9.96. The maximum atomic E-state index is 13.2. The molecule has 1 aliphatic heterocycles. The molecule has 4 aromatic rings. The molecule has 0 bridgehead atoms. The predicted molar refractivity (Wildman–Crippen MR) is 142 cm³/mol. The highest BCUT2D eigenvalue weighted by Crippen LogP contribution is 2.37. The molecule has 2 aliphatic rings. The van der Waals surface area contributed by atoms with Gasteiger partial charge in [-0.3, -0.25) is 4.79 Å². The van der Waals surface area contributed by atoms with E-state index in [1.54, 1.807) is 7.11 Å². The number of aromatic nitrogens is 2. The molecule has 180 valence electrons. The second-order valence-electron chi connectivity index (χ2n) is 9.49. The van der Waals surface area contributed by atoms with Crippen LogP contribution in [0.1, 0.15) is 24.0 Å². The van der Waals surface area contributed by atoms with Crippen LogP contribution in [0.15, 0.2) is 78.9 Å². The van der Waals surface area contributed by atoms with Crippen molar-refractivity contribution >= 4 is 17.4 Å². The third kappa shape index (κ3) is 4.31. The summed E-state index contributed by atoms with van der Waals surface area (Å²) >= 11 is 0. The number of rotatable bonds is 5. The molecule has 0 saturated carbocycles. The lowest BCUT2D eigenvalue weighted by Crippen LogP contribution is -2.41. The van der Waals surface area contributed by atoms with Gasteiger partial charge in [0.05, 0.1) is 18.7 Å². The number of nitrogens with one attached hydrogen (secondary N) is 1. The molecular weight excluding hydrogens is 448 g/mol. The Hall–Kier alpha value is -4.19. The van der Waals surface area contributed by atoms with E-state index in [-0.39, 0.29) is 11.8 Å². The van der Waals surface area contributed by atoms with Crippen molar-refractivity contribution in [1.29, 1.82) is 0 Å². The molecule has 6 heteroatoms. The molecule has 1 fully saturated rings. The zero-order valence-corrected chi connectivity index (χ0v) is 20.3. The second-order valence-corrected chi connectivity index (χ2v) is 9.49. The molecule has 3 aromatic carbocycles. The van der Waals surface area contributed by atoms with Crippen molar-refractivity contribution in [2.24, 2.45) is 5.92 Å². The lowest BCUT2D eigenvalue weighted by molar-refractivity contribution is -0.120. The Morgan fingerprint density at radius 2 is 1.78 bits per heavy atom. The van der Waals surface area contributed by atoms with Crippen molar-refractivity contribution in [3.05, 3.63) is 90.0 Å². The van der Waals surface area contributed by atoms with Crippen molar-refractivity contribution in [2.75, 3.05) is 30.4 Å². The number of carbonyl (C=O) groups is 1. The first-order chi connectivity index (χ1) is 17.7. The summed E-state index contributed by atoms with van der Waals surface area (Å²) in [5.41, 5.74) is 7.85. The maximum absolute atomic E-state index is 13.2. The Balaban J connectivity index is 1.11. The number of nitrogens with zero attached hydrogens (tertiary/aromatic N) is 3. The number of benzene rings is 3. The Kier molecular flexibility index (Phi) is 5.85. The lowest BCUT2D eigenvalue weighted by Gasteiger charge is -2.32. The first-order valence-electron chi connectivity index (χ1n) is 12.4. The maximum Gasteiger partial charge on any atom is 0.229 e. The molecule has 1 amide bonds. The Morgan fingerprint density at radius 3 is 2.58 bits per heavy atom. The van der Waals surface area contributed by atoms with Gasteiger partial charge in [-0.15, -0.1) is 10.2 Å². The van der Waals surface area contributed by atoms with Crippen LogP contribution < -0.4 is 15.0 Å². The highest BCUT2D eigenvalue weighted by Gasteiger charge is 2.27. The molecule has 6 nitrogen and oxygen atoms in total. The number of piperidine rings is 1. The number of ether oxygens (including phenoxy) is 1. The van der Waals surface area contributed by atoms with E-state index in [2.05, 4.69) is 56.8 Å². The molecule has 0 spiro atoms. The fourth-order valence-electron chi connectivity index (χ4n) is 5.28. The summed E-state index contributed by atoms with van der Waals surface area (Å²) in [6.45, 7) is 1.51. The first-order valence-corrected chi connectivity index (χ1v) is 12.4. The zero-order chi connectivity index (χ0) is 24.5. The van der Waals surface area contributed by atoms with Crippen molar-refractivity contribution in [2.45, 2.75) is 19.3 Å². The zero-order valence-electron chi connectivity index (χ0n) is 20.3. The Bertz CT molecular complexity index is 1400. The number of hydrogen-bond acceptors (Lipinski definition) is 5. The van der Waals surface area contributed by atoms with Gasteiger partial charge in [0.15, 0.2) is 5.82 Å². The van der Waals surface area contributed by atoms with E-state index in [9.17, 15) is 4.79 Å². The van der Waals surface area contributed by atoms with Gasteiger partial charge in [0, 0.05) is 24.3 Å². The number of methoxy groups -OCH3 is 1. The monoisotopic (exact) mass is 476 g/mol. The van der Waals surface area contributed by atoms with Crippen molar-refractivity contribution in [3.8, 4) is 28.1 Å². The van der Waals surface area contributed by atoms with Gasteiger partial charge >= 0.3 is 0 Å². The second kappa shape index (κ2) is 9.46. The fourth-order valence-corrected chi connectivity index (χ4v) is 5.28. The van der Waals surface area contributed by atoms with Crippen LogP contribution in [0, 0.1) is 5.92 Å². The molecule has 0 radical (unpaired) electrons. The van der Waals surface area contributed by atoms with Gasteiger partial charge in [-0.25, -0.2) is 0 Å². The predicted octanol–water partition coefficient (Wildman–Crippen LogP) is 5.58. The summed E-state index contributed by atoms with van der Waals surface area (Å²) in [4.78, 5) is 15.3. The number of fused-ring (bicyclic) bond motifs is 3. The van der Waals surface area contributed by atoms with Crippen LogP contribution in [-0.4, -0.2) is 36.3 Å². The summed E-state index contributed by atoms with van der Waals surface area (Å²) in [6.07, 6.45) is 2.73. The van der Waals surface area contributed by atoms with Crippen molar-refractivity contribution < 1.29 is 9.53 Å². The molecule has 1 atom stereocenters. The minimum Gasteiger partial charge on any atom is -0.497 e. The molecule has 1 saturated heterocycles. The van der Waals surface area contributed by atoms with E-state index in [1.165, 1.54) is 22.3 Å². The summed E-state index contributed by atoms with van der Waals surface area (Å²) in [6, 6.07) is 26.5. The normalized spacial score (nSPS) is 16.2. The molecule has 2 heterocycles. The van der Waals surface area contributed by atoms with Gasteiger partial charge in [0.1, 0.15) is 5.75 Å². The van der Waals surface area contributed by atoms with Gasteiger partial charge in [-0.05, 0) is 90.0 Å². The van der Waals surface area contributed by atoms with Crippen LogP contribution in [0.3, 0.4) is 0 Å². The fraction of sp³-hybridized carbons (Fsp3) is 0.233. The summed E-state index contributed by atoms with van der Waals surface area (Å²) in [7, 11) is 1.65. The van der Waals surface area contributed by atoms with Crippen LogP contribution in [0.2, 0.25) is 0 Å². The molecule has 1 N–H and O–H groups in total. The number of carbonyl (C=O) groups excluding carboxylic acids is 1. The van der Waals surface area contributed by atoms with Crippen LogP contribution in [-0.2, 0) is 11.2 Å². The van der Waals surface area contributed by atoms with Gasteiger partial charge < -0.3 is 15.0 Å². The topological polar surface area (TPSA) is 67.3 Å². The van der Waals surface area contributed by atoms with Crippen LogP contribution >= 0.6 is 0 Å². The largest absolute Gasteiger partial charge is 0.497 e. The summed E-state index contributed by atoms with van der Waals surface area (Å²) < 4.78 is 5.23. The highest BCUT2D eigenvalue weighted by molar-refractivity contribution is 5.94. The van der Waals surface area contributed by atoms with Gasteiger partial charge in [0.25, 0.3) is 0 Å². The van der Waals surface area contributed by atoms with E-state index in [1.807, 2.05) is 42.5 Å². The first kappa shape index (κ1) is 22.3. The van der Waals surface area contributed by atoms with Crippen LogP contribution in [0.5, 0.6) is 5.75 Å². The average Bonchev–Trinajstić information content (AvgIpc) is 3.31. The van der Waals surface area contributed by atoms with E-state index in [0.29, 0.717) is 6.54 Å². The van der Waals surface area contributed by atoms with Crippen molar-refractivity contribution in [3.63, 3.8) is 0 Å².